The number of pyridine rings is 1. The number of nitrogen functional groups attached to an aromatic ring is 1. The minimum absolute atomic E-state index is 0.165. The van der Waals surface area contributed by atoms with Gasteiger partial charge in [-0.15, -0.1) is 0 Å². The van der Waals surface area contributed by atoms with Crippen LogP contribution < -0.4 is 15.2 Å². The first-order valence-corrected chi connectivity index (χ1v) is 6.24. The van der Waals surface area contributed by atoms with Gasteiger partial charge in [-0.3, -0.25) is 0 Å². The lowest BCUT2D eigenvalue weighted by Crippen LogP contribution is -2.09. The monoisotopic (exact) mass is 288 g/mol. The quantitative estimate of drug-likeness (QED) is 0.848. The van der Waals surface area contributed by atoms with Crippen LogP contribution in [0.15, 0.2) is 36.5 Å². The molecule has 2 N–H and O–H groups in total. The molecule has 0 radical (unpaired) electrons. The number of aromatic nitrogens is 1. The van der Waals surface area contributed by atoms with Gasteiger partial charge in [0, 0.05) is 6.20 Å². The number of ether oxygens (including phenoxy) is 3. The number of methoxy groups -OCH3 is 2. The number of rotatable bonds is 5. The second-order valence-corrected chi connectivity index (χ2v) is 4.21. The van der Waals surface area contributed by atoms with Crippen molar-refractivity contribution < 1.29 is 19.0 Å². The minimum Gasteiger partial charge on any atom is -0.497 e. The van der Waals surface area contributed by atoms with Gasteiger partial charge in [-0.2, -0.15) is 0 Å². The van der Waals surface area contributed by atoms with Crippen LogP contribution in [0.3, 0.4) is 0 Å². The van der Waals surface area contributed by atoms with E-state index < -0.39 is 5.97 Å². The molecule has 0 amide bonds. The Morgan fingerprint density at radius 2 is 1.90 bits per heavy atom. The minimum atomic E-state index is -0.524. The summed E-state index contributed by atoms with van der Waals surface area (Å²) in [6.45, 7) is 0.284. The average Bonchev–Trinajstić information content (AvgIpc) is 2.53. The van der Waals surface area contributed by atoms with Gasteiger partial charge in [0.15, 0.2) is 0 Å². The number of esters is 1. The molecule has 0 saturated heterocycles. The molecule has 1 aromatic heterocycles. The third kappa shape index (κ3) is 3.42. The molecule has 0 spiro atoms. The Morgan fingerprint density at radius 3 is 2.52 bits per heavy atom. The zero-order chi connectivity index (χ0) is 15.2. The summed E-state index contributed by atoms with van der Waals surface area (Å²) < 4.78 is 15.3. The molecular formula is C15H16N2O4. The van der Waals surface area contributed by atoms with Crippen molar-refractivity contribution in [3.63, 3.8) is 0 Å². The summed E-state index contributed by atoms with van der Waals surface area (Å²) in [5, 5.41) is 0. The fourth-order valence-electron chi connectivity index (χ4n) is 1.73. The summed E-state index contributed by atoms with van der Waals surface area (Å²) in [5.41, 5.74) is 7.19. The third-order valence-corrected chi connectivity index (χ3v) is 2.89. The highest BCUT2D eigenvalue weighted by Crippen LogP contribution is 2.24. The van der Waals surface area contributed by atoms with Gasteiger partial charge >= 0.3 is 5.97 Å². The van der Waals surface area contributed by atoms with E-state index in [2.05, 4.69) is 9.72 Å². The van der Waals surface area contributed by atoms with Crippen LogP contribution in [-0.2, 0) is 11.3 Å². The molecule has 0 unspecified atom stereocenters. The number of carbonyl (C=O) groups excluding carboxylic acids is 1. The van der Waals surface area contributed by atoms with Crippen LogP contribution in [0.1, 0.15) is 15.9 Å². The number of nitrogens with two attached hydrogens (primary N) is 1. The van der Waals surface area contributed by atoms with Crippen LogP contribution >= 0.6 is 0 Å². The predicted molar refractivity (Wildman–Crippen MR) is 77.3 cm³/mol. The van der Waals surface area contributed by atoms with E-state index >= 15 is 0 Å². The molecule has 6 nitrogen and oxygen atoms in total. The van der Waals surface area contributed by atoms with Crippen LogP contribution in [0.25, 0.3) is 0 Å². The maximum absolute atomic E-state index is 11.5. The number of benzene rings is 1. The second kappa shape index (κ2) is 6.60. The highest BCUT2D eigenvalue weighted by Gasteiger charge is 2.14. The summed E-state index contributed by atoms with van der Waals surface area (Å²) in [7, 11) is 2.90. The second-order valence-electron chi connectivity index (χ2n) is 4.21. The first-order valence-electron chi connectivity index (χ1n) is 6.24. The lowest BCUT2D eigenvalue weighted by Gasteiger charge is -2.10. The van der Waals surface area contributed by atoms with Crippen LogP contribution in [0.4, 0.5) is 5.69 Å². The smallest absolute Gasteiger partial charge is 0.340 e. The van der Waals surface area contributed by atoms with Gasteiger partial charge in [-0.05, 0) is 23.8 Å². The number of carbonyl (C=O) groups is 1. The van der Waals surface area contributed by atoms with E-state index in [9.17, 15) is 4.79 Å². The van der Waals surface area contributed by atoms with Gasteiger partial charge in [-0.25, -0.2) is 9.78 Å². The topological polar surface area (TPSA) is 83.7 Å². The zero-order valence-electron chi connectivity index (χ0n) is 11.8. The summed E-state index contributed by atoms with van der Waals surface area (Å²) in [6, 6.07) is 8.90. The van der Waals surface area contributed by atoms with Crippen LogP contribution in [0.5, 0.6) is 11.6 Å². The number of nitrogens with zero attached hydrogens (tertiary/aromatic N) is 1. The van der Waals surface area contributed by atoms with E-state index in [1.165, 1.54) is 19.4 Å². The molecule has 110 valence electrons. The number of hydrogen-bond donors (Lipinski definition) is 1. The SMILES string of the molecule is COC(=O)c1ccnc(OCc2ccc(OC)cc2)c1N. The van der Waals surface area contributed by atoms with E-state index in [1.54, 1.807) is 7.11 Å². The van der Waals surface area contributed by atoms with E-state index in [0.29, 0.717) is 0 Å². The maximum atomic E-state index is 11.5. The van der Waals surface area contributed by atoms with Crippen molar-refractivity contribution in [1.82, 2.24) is 4.98 Å². The molecular weight excluding hydrogens is 272 g/mol. The normalized spacial score (nSPS) is 10.0. The Labute approximate surface area is 122 Å². The summed E-state index contributed by atoms with van der Waals surface area (Å²) >= 11 is 0. The lowest BCUT2D eigenvalue weighted by atomic mass is 10.2. The fraction of sp³-hybridized carbons (Fsp3) is 0.200. The first-order chi connectivity index (χ1) is 10.2. The highest BCUT2D eigenvalue weighted by molar-refractivity contribution is 5.95. The van der Waals surface area contributed by atoms with E-state index in [-0.39, 0.29) is 23.7 Å². The first kappa shape index (κ1) is 14.6. The van der Waals surface area contributed by atoms with Crippen molar-refractivity contribution in [2.24, 2.45) is 0 Å². The largest absolute Gasteiger partial charge is 0.497 e. The molecule has 0 fully saturated rings. The van der Waals surface area contributed by atoms with Gasteiger partial charge in [-0.1, -0.05) is 12.1 Å². The van der Waals surface area contributed by atoms with Gasteiger partial charge in [0.25, 0.3) is 0 Å². The van der Waals surface area contributed by atoms with E-state index in [1.807, 2.05) is 24.3 Å². The summed E-state index contributed by atoms with van der Waals surface area (Å²) in [6.07, 6.45) is 1.45. The molecule has 1 heterocycles. The standard InChI is InChI=1S/C15H16N2O4/c1-19-11-5-3-10(4-6-11)9-21-14-13(16)12(7-8-17-14)15(18)20-2/h3-8H,9,16H2,1-2H3. The molecule has 2 rings (SSSR count). The van der Waals surface area contributed by atoms with Gasteiger partial charge in [0.1, 0.15) is 18.0 Å². The molecule has 21 heavy (non-hydrogen) atoms. The van der Waals surface area contributed by atoms with Crippen molar-refractivity contribution >= 4 is 11.7 Å². The molecule has 1 aromatic carbocycles. The van der Waals surface area contributed by atoms with Gasteiger partial charge in [0.2, 0.25) is 5.88 Å². The molecule has 0 atom stereocenters. The van der Waals surface area contributed by atoms with Crippen LogP contribution in [-0.4, -0.2) is 25.2 Å². The lowest BCUT2D eigenvalue weighted by molar-refractivity contribution is 0.0601. The molecule has 0 saturated carbocycles. The van der Waals surface area contributed by atoms with Gasteiger partial charge in [0.05, 0.1) is 19.8 Å². The molecule has 6 heteroatoms. The summed E-state index contributed by atoms with van der Waals surface area (Å²) in [4.78, 5) is 15.6. The summed E-state index contributed by atoms with van der Waals surface area (Å²) in [5.74, 6) is 0.446. The molecule has 0 bridgehead atoms. The van der Waals surface area contributed by atoms with Crippen LogP contribution in [0, 0.1) is 0 Å². The van der Waals surface area contributed by atoms with Crippen molar-refractivity contribution in [3.8, 4) is 11.6 Å². The van der Waals surface area contributed by atoms with Crippen molar-refractivity contribution in [2.45, 2.75) is 6.61 Å². The Bertz CT molecular complexity index is 626. The van der Waals surface area contributed by atoms with Crippen molar-refractivity contribution in [3.05, 3.63) is 47.7 Å². The van der Waals surface area contributed by atoms with Crippen LogP contribution in [0.2, 0.25) is 0 Å². The Balaban J connectivity index is 2.10. The zero-order valence-corrected chi connectivity index (χ0v) is 11.8. The molecule has 0 aliphatic rings. The fourth-order valence-corrected chi connectivity index (χ4v) is 1.73. The molecule has 0 aliphatic heterocycles. The Morgan fingerprint density at radius 1 is 1.19 bits per heavy atom. The Kier molecular flexibility index (Phi) is 4.61. The Hall–Kier alpha value is -2.76. The number of anilines is 1. The predicted octanol–water partition coefficient (Wildman–Crippen LogP) is 2.04. The highest BCUT2D eigenvalue weighted by atomic mass is 16.5. The van der Waals surface area contributed by atoms with E-state index in [0.717, 1.165) is 11.3 Å². The van der Waals surface area contributed by atoms with Gasteiger partial charge < -0.3 is 19.9 Å². The number of hydrogen-bond acceptors (Lipinski definition) is 6. The van der Waals surface area contributed by atoms with Crippen molar-refractivity contribution in [1.29, 1.82) is 0 Å². The van der Waals surface area contributed by atoms with Crippen molar-refractivity contribution in [2.75, 3.05) is 20.0 Å². The molecule has 0 aliphatic carbocycles. The third-order valence-electron chi connectivity index (χ3n) is 2.89. The molecule has 2 aromatic rings. The average molecular weight is 288 g/mol. The maximum Gasteiger partial charge on any atom is 0.340 e. The van der Waals surface area contributed by atoms with E-state index in [4.69, 9.17) is 15.2 Å².